The smallest absolute Gasteiger partial charge is 0.307 e. The van der Waals surface area contributed by atoms with Crippen LogP contribution in [0.3, 0.4) is 0 Å². The Balaban J connectivity index is 3.21. The van der Waals surface area contributed by atoms with Crippen molar-refractivity contribution >= 4 is 11.9 Å². The molecule has 0 aromatic carbocycles. The third kappa shape index (κ3) is 7.54. The molecular formula is C9H17NO4. The van der Waals surface area contributed by atoms with Gasteiger partial charge >= 0.3 is 11.9 Å². The van der Waals surface area contributed by atoms with Crippen molar-refractivity contribution in [2.75, 3.05) is 26.8 Å². The number of ether oxygens (including phenoxy) is 2. The summed E-state index contributed by atoms with van der Waals surface area (Å²) in [7, 11) is 1.35. The third-order valence-corrected chi connectivity index (χ3v) is 1.54. The van der Waals surface area contributed by atoms with Crippen molar-refractivity contribution in [1.82, 2.24) is 5.32 Å². The fourth-order valence-corrected chi connectivity index (χ4v) is 0.841. The molecule has 0 aliphatic heterocycles. The third-order valence-electron chi connectivity index (χ3n) is 1.54. The predicted molar refractivity (Wildman–Crippen MR) is 50.8 cm³/mol. The van der Waals surface area contributed by atoms with Crippen molar-refractivity contribution in [1.29, 1.82) is 0 Å². The van der Waals surface area contributed by atoms with Crippen LogP contribution in [0.5, 0.6) is 0 Å². The highest BCUT2D eigenvalue weighted by Gasteiger charge is 2.01. The van der Waals surface area contributed by atoms with E-state index in [-0.39, 0.29) is 11.9 Å². The van der Waals surface area contributed by atoms with Crippen LogP contribution in [0.25, 0.3) is 0 Å². The summed E-state index contributed by atoms with van der Waals surface area (Å²) in [6, 6.07) is 0. The van der Waals surface area contributed by atoms with Crippen LogP contribution in [0.2, 0.25) is 0 Å². The van der Waals surface area contributed by atoms with E-state index >= 15 is 0 Å². The normalized spacial score (nSPS) is 9.57. The van der Waals surface area contributed by atoms with Crippen LogP contribution in [-0.4, -0.2) is 38.7 Å². The largest absolute Gasteiger partial charge is 0.469 e. The molecule has 0 saturated heterocycles. The van der Waals surface area contributed by atoms with Gasteiger partial charge < -0.3 is 14.8 Å². The summed E-state index contributed by atoms with van der Waals surface area (Å²) in [5.41, 5.74) is 0. The summed E-state index contributed by atoms with van der Waals surface area (Å²) in [5.74, 6) is -0.480. The second-order valence-electron chi connectivity index (χ2n) is 2.63. The molecule has 0 bridgehead atoms. The Hall–Kier alpha value is -1.10. The van der Waals surface area contributed by atoms with Gasteiger partial charge in [0.25, 0.3) is 0 Å². The average Bonchev–Trinajstić information content (AvgIpc) is 2.17. The van der Waals surface area contributed by atoms with Crippen LogP contribution in [0.1, 0.15) is 19.8 Å². The number of carbonyl (C=O) groups excluding carboxylic acids is 2. The number of nitrogens with one attached hydrogen (secondary N) is 1. The first-order chi connectivity index (χ1) is 6.70. The number of hydrogen-bond donors (Lipinski definition) is 1. The molecule has 0 aliphatic carbocycles. The van der Waals surface area contributed by atoms with E-state index < -0.39 is 0 Å². The zero-order valence-corrected chi connectivity index (χ0v) is 8.67. The zero-order valence-electron chi connectivity index (χ0n) is 8.67. The van der Waals surface area contributed by atoms with E-state index in [1.54, 1.807) is 6.92 Å². The topological polar surface area (TPSA) is 64.6 Å². The molecule has 0 saturated carbocycles. The van der Waals surface area contributed by atoms with Gasteiger partial charge in [-0.25, -0.2) is 0 Å². The molecule has 0 amide bonds. The SMILES string of the molecule is CCOC(=O)CCNCCC(=O)OC. The molecule has 0 rings (SSSR count). The van der Waals surface area contributed by atoms with Crippen molar-refractivity contribution in [3.63, 3.8) is 0 Å². The minimum absolute atomic E-state index is 0.224. The molecule has 0 fully saturated rings. The van der Waals surface area contributed by atoms with Gasteiger partial charge in [-0.3, -0.25) is 9.59 Å². The van der Waals surface area contributed by atoms with E-state index in [1.165, 1.54) is 7.11 Å². The highest BCUT2D eigenvalue weighted by atomic mass is 16.5. The van der Waals surface area contributed by atoms with Gasteiger partial charge in [-0.05, 0) is 6.92 Å². The Morgan fingerprint density at radius 3 is 2.21 bits per heavy atom. The van der Waals surface area contributed by atoms with E-state index in [0.717, 1.165) is 0 Å². The fourth-order valence-electron chi connectivity index (χ4n) is 0.841. The first kappa shape index (κ1) is 12.9. The number of esters is 2. The Bertz CT molecular complexity index is 182. The Labute approximate surface area is 83.8 Å². The molecule has 0 aliphatic rings. The molecule has 0 aromatic rings. The monoisotopic (exact) mass is 203 g/mol. The van der Waals surface area contributed by atoms with Crippen LogP contribution in [-0.2, 0) is 19.1 Å². The maximum Gasteiger partial charge on any atom is 0.307 e. The quantitative estimate of drug-likeness (QED) is 0.469. The van der Waals surface area contributed by atoms with Gasteiger partial charge in [0, 0.05) is 13.1 Å². The zero-order chi connectivity index (χ0) is 10.8. The Kier molecular flexibility index (Phi) is 7.83. The summed E-state index contributed by atoms with van der Waals surface area (Å²) in [5, 5.41) is 2.94. The van der Waals surface area contributed by atoms with E-state index in [4.69, 9.17) is 4.74 Å². The Morgan fingerprint density at radius 1 is 1.14 bits per heavy atom. The lowest BCUT2D eigenvalue weighted by molar-refractivity contribution is -0.143. The van der Waals surface area contributed by atoms with Gasteiger partial charge in [-0.15, -0.1) is 0 Å². The van der Waals surface area contributed by atoms with Gasteiger partial charge in [-0.1, -0.05) is 0 Å². The highest BCUT2D eigenvalue weighted by Crippen LogP contribution is 1.85. The number of methoxy groups -OCH3 is 1. The van der Waals surface area contributed by atoms with Crippen LogP contribution in [0.4, 0.5) is 0 Å². The summed E-state index contributed by atoms with van der Waals surface area (Å²) >= 11 is 0. The highest BCUT2D eigenvalue weighted by molar-refractivity contribution is 5.70. The van der Waals surface area contributed by atoms with E-state index in [9.17, 15) is 9.59 Å². The van der Waals surface area contributed by atoms with Gasteiger partial charge in [0.1, 0.15) is 0 Å². The average molecular weight is 203 g/mol. The number of hydrogen-bond acceptors (Lipinski definition) is 5. The van der Waals surface area contributed by atoms with Crippen molar-refractivity contribution in [3.8, 4) is 0 Å². The molecule has 0 heterocycles. The maximum absolute atomic E-state index is 10.8. The Morgan fingerprint density at radius 2 is 1.71 bits per heavy atom. The number of carbonyl (C=O) groups is 2. The molecule has 5 heteroatoms. The van der Waals surface area contributed by atoms with Gasteiger partial charge in [0.2, 0.25) is 0 Å². The molecule has 0 unspecified atom stereocenters. The number of rotatable bonds is 7. The minimum Gasteiger partial charge on any atom is -0.469 e. The fraction of sp³-hybridized carbons (Fsp3) is 0.778. The molecular weight excluding hydrogens is 186 g/mol. The lowest BCUT2D eigenvalue weighted by atomic mass is 10.4. The van der Waals surface area contributed by atoms with Crippen molar-refractivity contribution in [2.45, 2.75) is 19.8 Å². The first-order valence-corrected chi connectivity index (χ1v) is 4.63. The van der Waals surface area contributed by atoms with Crippen molar-refractivity contribution < 1.29 is 19.1 Å². The second kappa shape index (κ2) is 8.50. The molecule has 1 N–H and O–H groups in total. The van der Waals surface area contributed by atoms with E-state index in [0.29, 0.717) is 32.5 Å². The summed E-state index contributed by atoms with van der Waals surface area (Å²) in [6.45, 7) is 3.21. The summed E-state index contributed by atoms with van der Waals surface area (Å²) < 4.78 is 9.17. The van der Waals surface area contributed by atoms with Gasteiger partial charge in [0.05, 0.1) is 26.6 Å². The lowest BCUT2D eigenvalue weighted by Crippen LogP contribution is -2.22. The van der Waals surface area contributed by atoms with Crippen LogP contribution in [0, 0.1) is 0 Å². The van der Waals surface area contributed by atoms with Crippen LogP contribution < -0.4 is 5.32 Å². The van der Waals surface area contributed by atoms with Gasteiger partial charge in [-0.2, -0.15) is 0 Å². The van der Waals surface area contributed by atoms with Crippen molar-refractivity contribution in [2.24, 2.45) is 0 Å². The summed E-state index contributed by atoms with van der Waals surface area (Å²) in [6.07, 6.45) is 0.647. The predicted octanol–water partition coefficient (Wildman–Crippen LogP) is 0.0923. The standard InChI is InChI=1S/C9H17NO4/c1-3-14-9(12)5-7-10-6-4-8(11)13-2/h10H,3-7H2,1-2H3. The molecule has 0 radical (unpaired) electrons. The van der Waals surface area contributed by atoms with Crippen LogP contribution >= 0.6 is 0 Å². The van der Waals surface area contributed by atoms with E-state index in [1.807, 2.05) is 0 Å². The second-order valence-corrected chi connectivity index (χ2v) is 2.63. The maximum atomic E-state index is 10.8. The van der Waals surface area contributed by atoms with Gasteiger partial charge in [0.15, 0.2) is 0 Å². The summed E-state index contributed by atoms with van der Waals surface area (Å²) in [4.78, 5) is 21.5. The molecule has 14 heavy (non-hydrogen) atoms. The lowest BCUT2D eigenvalue weighted by Gasteiger charge is -2.03. The molecule has 5 nitrogen and oxygen atoms in total. The molecule has 0 spiro atoms. The van der Waals surface area contributed by atoms with E-state index in [2.05, 4.69) is 10.1 Å². The molecule has 0 atom stereocenters. The van der Waals surface area contributed by atoms with Crippen LogP contribution in [0.15, 0.2) is 0 Å². The molecule has 82 valence electrons. The van der Waals surface area contributed by atoms with Crippen molar-refractivity contribution in [3.05, 3.63) is 0 Å². The molecule has 0 aromatic heterocycles. The minimum atomic E-state index is -0.256. The first-order valence-electron chi connectivity index (χ1n) is 4.63.